The summed E-state index contributed by atoms with van der Waals surface area (Å²) in [6.07, 6.45) is 1.95. The molecule has 1 aromatic carbocycles. The van der Waals surface area contributed by atoms with Crippen molar-refractivity contribution in [2.75, 3.05) is 13.1 Å². The molecular formula is C16H20N2OS. The number of carbonyl (C=O) groups is 1. The number of amides is 1. The van der Waals surface area contributed by atoms with Crippen LogP contribution in [0.4, 0.5) is 0 Å². The van der Waals surface area contributed by atoms with Crippen molar-refractivity contribution in [2.24, 2.45) is 11.7 Å². The molecule has 2 N–H and O–H groups in total. The van der Waals surface area contributed by atoms with Crippen LogP contribution in [0.5, 0.6) is 0 Å². The number of likely N-dealkylation sites (tertiary alicyclic amines) is 1. The van der Waals surface area contributed by atoms with E-state index in [1.165, 1.54) is 4.70 Å². The number of hydrogen-bond donors (Lipinski definition) is 1. The van der Waals surface area contributed by atoms with Crippen LogP contribution in [-0.4, -0.2) is 29.9 Å². The molecule has 106 valence electrons. The highest BCUT2D eigenvalue weighted by Crippen LogP contribution is 2.28. The third-order valence-electron chi connectivity index (χ3n) is 4.24. The van der Waals surface area contributed by atoms with E-state index in [0.717, 1.165) is 36.2 Å². The molecule has 0 bridgehead atoms. The molecule has 2 heterocycles. The number of piperidine rings is 1. The van der Waals surface area contributed by atoms with Crippen molar-refractivity contribution >= 4 is 27.3 Å². The summed E-state index contributed by atoms with van der Waals surface area (Å²) < 4.78 is 1.18. The highest BCUT2D eigenvalue weighted by atomic mass is 32.1. The molecule has 1 aliphatic heterocycles. The summed E-state index contributed by atoms with van der Waals surface area (Å²) >= 11 is 1.59. The van der Waals surface area contributed by atoms with E-state index < -0.39 is 0 Å². The number of hydrogen-bond acceptors (Lipinski definition) is 3. The highest BCUT2D eigenvalue weighted by molar-refractivity contribution is 7.20. The van der Waals surface area contributed by atoms with Gasteiger partial charge in [-0.15, -0.1) is 11.3 Å². The molecule has 0 radical (unpaired) electrons. The van der Waals surface area contributed by atoms with Crippen molar-refractivity contribution in [2.45, 2.75) is 25.8 Å². The lowest BCUT2D eigenvalue weighted by Gasteiger charge is -2.36. The number of benzene rings is 1. The number of rotatable bonds is 2. The maximum atomic E-state index is 12.6. The van der Waals surface area contributed by atoms with Crippen LogP contribution < -0.4 is 5.73 Å². The Kier molecular flexibility index (Phi) is 3.76. The van der Waals surface area contributed by atoms with Crippen LogP contribution in [0.25, 0.3) is 10.1 Å². The quantitative estimate of drug-likeness (QED) is 0.923. The summed E-state index contributed by atoms with van der Waals surface area (Å²) in [5, 5.41) is 1.15. The molecule has 2 unspecified atom stereocenters. The van der Waals surface area contributed by atoms with Gasteiger partial charge in [-0.25, -0.2) is 0 Å². The van der Waals surface area contributed by atoms with Crippen molar-refractivity contribution < 1.29 is 4.79 Å². The van der Waals surface area contributed by atoms with Crippen molar-refractivity contribution in [3.05, 3.63) is 35.2 Å². The first-order valence-electron chi connectivity index (χ1n) is 7.22. The maximum absolute atomic E-state index is 12.6. The zero-order valence-electron chi connectivity index (χ0n) is 11.7. The van der Waals surface area contributed by atoms with Gasteiger partial charge in [-0.2, -0.15) is 0 Å². The van der Waals surface area contributed by atoms with Gasteiger partial charge in [-0.1, -0.05) is 31.5 Å². The van der Waals surface area contributed by atoms with Crippen LogP contribution in [0.2, 0.25) is 0 Å². The average Bonchev–Trinajstić information content (AvgIpc) is 2.91. The Morgan fingerprint density at radius 2 is 2.25 bits per heavy atom. The van der Waals surface area contributed by atoms with E-state index in [9.17, 15) is 4.79 Å². The fourth-order valence-electron chi connectivity index (χ4n) is 2.91. The maximum Gasteiger partial charge on any atom is 0.263 e. The van der Waals surface area contributed by atoms with Crippen LogP contribution in [0.3, 0.4) is 0 Å². The molecule has 0 saturated carbocycles. The lowest BCUT2D eigenvalue weighted by Crippen LogP contribution is -2.48. The Bertz CT molecular complexity index is 589. The fourth-order valence-corrected chi connectivity index (χ4v) is 3.94. The molecule has 3 nitrogen and oxygen atoms in total. The molecular weight excluding hydrogens is 268 g/mol. The molecule has 1 amide bonds. The van der Waals surface area contributed by atoms with E-state index in [1.807, 2.05) is 23.1 Å². The molecule has 3 rings (SSSR count). The normalized spacial score (nSPS) is 23.2. The van der Waals surface area contributed by atoms with Gasteiger partial charge in [0.2, 0.25) is 0 Å². The van der Waals surface area contributed by atoms with Crippen LogP contribution in [-0.2, 0) is 0 Å². The Balaban J connectivity index is 1.81. The molecule has 2 atom stereocenters. The minimum absolute atomic E-state index is 0.163. The summed E-state index contributed by atoms with van der Waals surface area (Å²) in [7, 11) is 0. The largest absolute Gasteiger partial charge is 0.338 e. The zero-order chi connectivity index (χ0) is 14.1. The minimum atomic E-state index is 0.163. The van der Waals surface area contributed by atoms with Gasteiger partial charge < -0.3 is 10.6 Å². The summed E-state index contributed by atoms with van der Waals surface area (Å²) in [5.74, 6) is 0.596. The minimum Gasteiger partial charge on any atom is -0.338 e. The van der Waals surface area contributed by atoms with Gasteiger partial charge in [0.15, 0.2) is 0 Å². The van der Waals surface area contributed by atoms with Crippen LogP contribution in [0, 0.1) is 5.92 Å². The number of thiophene rings is 1. The Labute approximate surface area is 123 Å². The van der Waals surface area contributed by atoms with E-state index in [-0.39, 0.29) is 11.9 Å². The molecule has 0 aliphatic carbocycles. The lowest BCUT2D eigenvalue weighted by atomic mass is 9.90. The Morgan fingerprint density at radius 1 is 1.45 bits per heavy atom. The second kappa shape index (κ2) is 5.54. The van der Waals surface area contributed by atoms with Crippen LogP contribution >= 0.6 is 11.3 Å². The van der Waals surface area contributed by atoms with E-state index >= 15 is 0 Å². The topological polar surface area (TPSA) is 46.3 Å². The van der Waals surface area contributed by atoms with Gasteiger partial charge >= 0.3 is 0 Å². The molecule has 0 spiro atoms. The van der Waals surface area contributed by atoms with E-state index in [1.54, 1.807) is 11.3 Å². The second-order valence-electron chi connectivity index (χ2n) is 5.52. The van der Waals surface area contributed by atoms with Crippen molar-refractivity contribution in [1.29, 1.82) is 0 Å². The standard InChI is InChI=1S/C16H20N2OS/c1-2-11-10-18(8-7-13(11)17)16(19)15-9-12-5-3-4-6-14(12)20-15/h3-6,9,11,13H,2,7-8,10,17H2,1H3. The molecule has 2 aromatic rings. The van der Waals surface area contributed by atoms with E-state index in [2.05, 4.69) is 19.1 Å². The highest BCUT2D eigenvalue weighted by Gasteiger charge is 2.29. The summed E-state index contributed by atoms with van der Waals surface area (Å²) in [6.45, 7) is 3.73. The smallest absolute Gasteiger partial charge is 0.263 e. The van der Waals surface area contributed by atoms with Gasteiger partial charge in [-0.05, 0) is 29.9 Å². The van der Waals surface area contributed by atoms with Crippen molar-refractivity contribution in [1.82, 2.24) is 4.90 Å². The van der Waals surface area contributed by atoms with E-state index in [0.29, 0.717) is 5.92 Å². The van der Waals surface area contributed by atoms with Crippen molar-refractivity contribution in [3.63, 3.8) is 0 Å². The molecule has 1 saturated heterocycles. The number of nitrogens with two attached hydrogens (primary N) is 1. The van der Waals surface area contributed by atoms with Gasteiger partial charge in [0, 0.05) is 23.8 Å². The van der Waals surface area contributed by atoms with Gasteiger partial charge in [0.25, 0.3) is 5.91 Å². The average molecular weight is 288 g/mol. The van der Waals surface area contributed by atoms with Gasteiger partial charge in [0.1, 0.15) is 0 Å². The number of fused-ring (bicyclic) bond motifs is 1. The van der Waals surface area contributed by atoms with E-state index in [4.69, 9.17) is 5.73 Å². The van der Waals surface area contributed by atoms with Gasteiger partial charge in [0.05, 0.1) is 4.88 Å². The number of nitrogens with zero attached hydrogens (tertiary/aromatic N) is 1. The van der Waals surface area contributed by atoms with Crippen molar-refractivity contribution in [3.8, 4) is 0 Å². The summed E-state index contributed by atoms with van der Waals surface area (Å²) in [5.41, 5.74) is 6.12. The fraction of sp³-hybridized carbons (Fsp3) is 0.438. The molecule has 1 aliphatic rings. The van der Waals surface area contributed by atoms with Crippen LogP contribution in [0.15, 0.2) is 30.3 Å². The zero-order valence-corrected chi connectivity index (χ0v) is 12.5. The Morgan fingerprint density at radius 3 is 3.00 bits per heavy atom. The second-order valence-corrected chi connectivity index (χ2v) is 6.60. The Hall–Kier alpha value is -1.39. The predicted octanol–water partition coefficient (Wildman–Crippen LogP) is 3.10. The first kappa shape index (κ1) is 13.6. The first-order chi connectivity index (χ1) is 9.69. The third-order valence-corrected chi connectivity index (χ3v) is 5.34. The monoisotopic (exact) mass is 288 g/mol. The molecule has 1 aromatic heterocycles. The molecule has 1 fully saturated rings. The predicted molar refractivity (Wildman–Crippen MR) is 84.1 cm³/mol. The lowest BCUT2D eigenvalue weighted by molar-refractivity contribution is 0.0654. The van der Waals surface area contributed by atoms with Gasteiger partial charge in [-0.3, -0.25) is 4.79 Å². The first-order valence-corrected chi connectivity index (χ1v) is 8.04. The summed E-state index contributed by atoms with van der Waals surface area (Å²) in [4.78, 5) is 15.5. The SMILES string of the molecule is CCC1CN(C(=O)c2cc3ccccc3s2)CCC1N. The summed E-state index contributed by atoms with van der Waals surface area (Å²) in [6, 6.07) is 10.4. The third kappa shape index (κ3) is 2.45. The van der Waals surface area contributed by atoms with Crippen LogP contribution in [0.1, 0.15) is 29.4 Å². The number of carbonyl (C=O) groups excluding carboxylic acids is 1. The molecule has 4 heteroatoms. The molecule has 20 heavy (non-hydrogen) atoms.